The molecule has 22 heavy (non-hydrogen) atoms. The van der Waals surface area contributed by atoms with Crippen molar-refractivity contribution in [2.45, 2.75) is 38.6 Å². The molecule has 1 saturated carbocycles. The van der Waals surface area contributed by atoms with Crippen molar-refractivity contribution in [1.29, 1.82) is 0 Å². The number of ether oxygens (including phenoxy) is 3. The zero-order valence-electron chi connectivity index (χ0n) is 13.8. The van der Waals surface area contributed by atoms with Crippen molar-refractivity contribution in [1.82, 2.24) is 5.32 Å². The van der Waals surface area contributed by atoms with Gasteiger partial charge in [-0.2, -0.15) is 0 Å². The normalized spacial score (nSPS) is 21.1. The average molecular weight is 307 g/mol. The van der Waals surface area contributed by atoms with E-state index in [2.05, 4.69) is 12.2 Å². The molecule has 0 bridgehead atoms. The van der Waals surface area contributed by atoms with Gasteiger partial charge in [0.1, 0.15) is 0 Å². The second-order valence-electron chi connectivity index (χ2n) is 5.81. The van der Waals surface area contributed by atoms with E-state index in [1.54, 1.807) is 19.2 Å². The molecule has 0 spiro atoms. The van der Waals surface area contributed by atoms with Crippen LogP contribution in [0.25, 0.3) is 0 Å². The van der Waals surface area contributed by atoms with E-state index in [1.165, 1.54) is 14.2 Å². The van der Waals surface area contributed by atoms with Gasteiger partial charge in [-0.3, -0.25) is 4.79 Å². The van der Waals surface area contributed by atoms with Crippen molar-refractivity contribution in [3.05, 3.63) is 17.7 Å². The van der Waals surface area contributed by atoms with E-state index in [1.807, 2.05) is 0 Å². The first-order valence-electron chi connectivity index (χ1n) is 7.70. The van der Waals surface area contributed by atoms with Gasteiger partial charge in [0.05, 0.1) is 26.9 Å². The molecule has 0 unspecified atom stereocenters. The van der Waals surface area contributed by atoms with Crippen molar-refractivity contribution in [3.8, 4) is 17.2 Å². The van der Waals surface area contributed by atoms with Crippen LogP contribution >= 0.6 is 0 Å². The van der Waals surface area contributed by atoms with Crippen LogP contribution in [0.5, 0.6) is 17.2 Å². The van der Waals surface area contributed by atoms with Crippen LogP contribution in [-0.4, -0.2) is 33.3 Å². The smallest absolute Gasteiger partial charge is 0.255 e. The summed E-state index contributed by atoms with van der Waals surface area (Å²) in [6.07, 6.45) is 4.38. The van der Waals surface area contributed by atoms with E-state index in [-0.39, 0.29) is 11.9 Å². The lowest BCUT2D eigenvalue weighted by molar-refractivity contribution is 0.0919. The van der Waals surface area contributed by atoms with Crippen LogP contribution in [0.2, 0.25) is 0 Å². The summed E-state index contributed by atoms with van der Waals surface area (Å²) in [4.78, 5) is 12.6. The SMILES string of the molecule is COc1ccc(C(=O)NC2CCC(C)CC2)c(OC)c1OC. The largest absolute Gasteiger partial charge is 0.493 e. The van der Waals surface area contributed by atoms with Crippen molar-refractivity contribution in [3.63, 3.8) is 0 Å². The Labute approximate surface area is 131 Å². The van der Waals surface area contributed by atoms with Crippen LogP contribution in [0.4, 0.5) is 0 Å². The minimum absolute atomic E-state index is 0.127. The fourth-order valence-corrected chi connectivity index (χ4v) is 2.95. The maximum Gasteiger partial charge on any atom is 0.255 e. The first-order chi connectivity index (χ1) is 10.6. The Hall–Kier alpha value is -1.91. The highest BCUT2D eigenvalue weighted by molar-refractivity contribution is 5.98. The van der Waals surface area contributed by atoms with Crippen LogP contribution in [0, 0.1) is 5.92 Å². The van der Waals surface area contributed by atoms with E-state index >= 15 is 0 Å². The van der Waals surface area contributed by atoms with Gasteiger partial charge < -0.3 is 19.5 Å². The molecule has 2 rings (SSSR count). The summed E-state index contributed by atoms with van der Waals surface area (Å²) in [6.45, 7) is 2.26. The Morgan fingerprint density at radius 2 is 1.64 bits per heavy atom. The molecular weight excluding hydrogens is 282 g/mol. The molecular formula is C17H25NO4. The van der Waals surface area contributed by atoms with Gasteiger partial charge in [0.25, 0.3) is 5.91 Å². The lowest BCUT2D eigenvalue weighted by Gasteiger charge is -2.27. The number of nitrogens with one attached hydrogen (secondary N) is 1. The monoisotopic (exact) mass is 307 g/mol. The van der Waals surface area contributed by atoms with Gasteiger partial charge in [0, 0.05) is 6.04 Å². The van der Waals surface area contributed by atoms with Crippen LogP contribution in [0.3, 0.4) is 0 Å². The molecule has 5 heteroatoms. The molecule has 0 saturated heterocycles. The Morgan fingerprint density at radius 3 is 2.18 bits per heavy atom. The maximum atomic E-state index is 12.6. The number of carbonyl (C=O) groups excluding carboxylic acids is 1. The zero-order chi connectivity index (χ0) is 16.1. The molecule has 122 valence electrons. The molecule has 0 aromatic heterocycles. The van der Waals surface area contributed by atoms with Crippen molar-refractivity contribution in [2.75, 3.05) is 21.3 Å². The fraction of sp³-hybridized carbons (Fsp3) is 0.588. The predicted molar refractivity (Wildman–Crippen MR) is 85.0 cm³/mol. The summed E-state index contributed by atoms with van der Waals surface area (Å²) in [5.41, 5.74) is 0.471. The molecule has 0 aliphatic heterocycles. The van der Waals surface area contributed by atoms with Crippen LogP contribution < -0.4 is 19.5 Å². The number of hydrogen-bond acceptors (Lipinski definition) is 4. The summed E-state index contributed by atoms with van der Waals surface area (Å²) in [6, 6.07) is 3.67. The lowest BCUT2D eigenvalue weighted by atomic mass is 9.87. The topological polar surface area (TPSA) is 56.8 Å². The molecule has 0 heterocycles. The van der Waals surface area contributed by atoms with Gasteiger partial charge in [0.15, 0.2) is 11.5 Å². The molecule has 1 aliphatic rings. The zero-order valence-corrected chi connectivity index (χ0v) is 13.8. The van der Waals surface area contributed by atoms with Gasteiger partial charge in [0.2, 0.25) is 5.75 Å². The number of carbonyl (C=O) groups is 1. The molecule has 1 amide bonds. The minimum atomic E-state index is -0.127. The summed E-state index contributed by atoms with van der Waals surface area (Å²) >= 11 is 0. The molecule has 1 aromatic rings. The Kier molecular flexibility index (Phi) is 5.52. The molecule has 1 aromatic carbocycles. The van der Waals surface area contributed by atoms with E-state index in [0.29, 0.717) is 22.8 Å². The number of methoxy groups -OCH3 is 3. The second kappa shape index (κ2) is 7.38. The van der Waals surface area contributed by atoms with Crippen molar-refractivity contribution in [2.24, 2.45) is 5.92 Å². The Balaban J connectivity index is 2.18. The Bertz CT molecular complexity index is 522. The molecule has 1 fully saturated rings. The van der Waals surface area contributed by atoms with E-state index in [9.17, 15) is 4.79 Å². The average Bonchev–Trinajstić information content (AvgIpc) is 2.55. The van der Waals surface area contributed by atoms with E-state index < -0.39 is 0 Å². The predicted octanol–water partition coefficient (Wildman–Crippen LogP) is 3.02. The van der Waals surface area contributed by atoms with Gasteiger partial charge in [-0.25, -0.2) is 0 Å². The van der Waals surface area contributed by atoms with E-state index in [0.717, 1.165) is 31.6 Å². The van der Waals surface area contributed by atoms with Crippen LogP contribution in [0.1, 0.15) is 43.0 Å². The highest BCUT2D eigenvalue weighted by atomic mass is 16.5. The fourth-order valence-electron chi connectivity index (χ4n) is 2.95. The summed E-state index contributed by atoms with van der Waals surface area (Å²) < 4.78 is 15.9. The number of hydrogen-bond donors (Lipinski definition) is 1. The molecule has 5 nitrogen and oxygen atoms in total. The van der Waals surface area contributed by atoms with Crippen LogP contribution in [0.15, 0.2) is 12.1 Å². The first-order valence-corrected chi connectivity index (χ1v) is 7.70. The van der Waals surface area contributed by atoms with Gasteiger partial charge in [-0.15, -0.1) is 0 Å². The number of benzene rings is 1. The maximum absolute atomic E-state index is 12.6. The van der Waals surface area contributed by atoms with Gasteiger partial charge in [-0.1, -0.05) is 6.92 Å². The standard InChI is InChI=1S/C17H25NO4/c1-11-5-7-12(8-6-11)18-17(19)13-9-10-14(20-2)16(22-4)15(13)21-3/h9-12H,5-8H2,1-4H3,(H,18,19). The molecule has 0 radical (unpaired) electrons. The number of amides is 1. The minimum Gasteiger partial charge on any atom is -0.493 e. The third kappa shape index (κ3) is 3.46. The summed E-state index contributed by atoms with van der Waals surface area (Å²) in [7, 11) is 4.61. The first kappa shape index (κ1) is 16.5. The third-order valence-electron chi connectivity index (χ3n) is 4.30. The highest BCUT2D eigenvalue weighted by Crippen LogP contribution is 2.39. The second-order valence-corrected chi connectivity index (χ2v) is 5.81. The molecule has 1 aliphatic carbocycles. The quantitative estimate of drug-likeness (QED) is 0.908. The number of rotatable bonds is 5. The summed E-state index contributed by atoms with van der Waals surface area (Å²) in [5, 5.41) is 3.10. The van der Waals surface area contributed by atoms with Crippen molar-refractivity contribution < 1.29 is 19.0 Å². The highest BCUT2D eigenvalue weighted by Gasteiger charge is 2.24. The molecule has 1 N–H and O–H groups in total. The molecule has 0 atom stereocenters. The van der Waals surface area contributed by atoms with Crippen LogP contribution in [-0.2, 0) is 0 Å². The summed E-state index contributed by atoms with van der Waals surface area (Å²) in [5.74, 6) is 2.02. The van der Waals surface area contributed by atoms with Gasteiger partial charge >= 0.3 is 0 Å². The van der Waals surface area contributed by atoms with Crippen molar-refractivity contribution >= 4 is 5.91 Å². The lowest BCUT2D eigenvalue weighted by Crippen LogP contribution is -2.37. The van der Waals surface area contributed by atoms with Gasteiger partial charge in [-0.05, 0) is 43.7 Å². The van der Waals surface area contributed by atoms with E-state index in [4.69, 9.17) is 14.2 Å². The third-order valence-corrected chi connectivity index (χ3v) is 4.30. The Morgan fingerprint density at radius 1 is 1.00 bits per heavy atom.